The predicted molar refractivity (Wildman–Crippen MR) is 72.0 cm³/mol. The third kappa shape index (κ3) is 1.88. The van der Waals surface area contributed by atoms with Crippen LogP contribution in [0, 0.1) is 24.0 Å². The zero-order valence-electron chi connectivity index (χ0n) is 10.6. The van der Waals surface area contributed by atoms with Gasteiger partial charge in [0.05, 0.1) is 16.6 Å². The number of nitrogen functional groups attached to an aromatic ring is 1. The molecule has 0 aliphatic rings. The maximum atomic E-state index is 13.9. The molecule has 98 valence electrons. The molecular weight excluding hydrogens is 248 g/mol. The summed E-state index contributed by atoms with van der Waals surface area (Å²) in [6.45, 7) is 3.71. The average Bonchev–Trinajstić information content (AvgIpc) is 2.32. The van der Waals surface area contributed by atoms with Gasteiger partial charge in [-0.3, -0.25) is 0 Å². The van der Waals surface area contributed by atoms with Crippen LogP contribution in [-0.2, 0) is 0 Å². The standard InChI is InChI=1S/C15H13F2NO/c1-4-8-10(16)6-11(17)14-13(8)9(7(2)3)5-12(18)15(14)19/h1,5-7,19H,18H2,2-3H3. The molecule has 0 spiro atoms. The van der Waals surface area contributed by atoms with Crippen LogP contribution < -0.4 is 5.73 Å². The summed E-state index contributed by atoms with van der Waals surface area (Å²) in [5, 5.41) is 9.98. The van der Waals surface area contributed by atoms with Gasteiger partial charge in [0.1, 0.15) is 17.4 Å². The number of nitrogens with two attached hydrogens (primary N) is 1. The van der Waals surface area contributed by atoms with Gasteiger partial charge in [0.25, 0.3) is 0 Å². The Morgan fingerprint density at radius 3 is 2.37 bits per heavy atom. The lowest BCUT2D eigenvalue weighted by atomic mass is 9.91. The molecule has 3 N–H and O–H groups in total. The average molecular weight is 261 g/mol. The minimum Gasteiger partial charge on any atom is -0.505 e. The van der Waals surface area contributed by atoms with Crippen LogP contribution in [0.3, 0.4) is 0 Å². The Labute approximate surface area is 109 Å². The Bertz CT molecular complexity index is 715. The van der Waals surface area contributed by atoms with E-state index in [-0.39, 0.29) is 27.9 Å². The first-order valence-corrected chi connectivity index (χ1v) is 5.78. The van der Waals surface area contributed by atoms with Gasteiger partial charge >= 0.3 is 0 Å². The number of fused-ring (bicyclic) bond motifs is 1. The van der Waals surface area contributed by atoms with Gasteiger partial charge in [0.2, 0.25) is 0 Å². The first kappa shape index (κ1) is 13.2. The first-order chi connectivity index (χ1) is 8.88. The number of anilines is 1. The van der Waals surface area contributed by atoms with Crippen LogP contribution in [0.25, 0.3) is 10.8 Å². The molecule has 0 unspecified atom stereocenters. The van der Waals surface area contributed by atoms with Crippen molar-refractivity contribution in [3.8, 4) is 18.1 Å². The second kappa shape index (κ2) is 4.43. The fourth-order valence-corrected chi connectivity index (χ4v) is 2.19. The maximum Gasteiger partial charge on any atom is 0.149 e. The third-order valence-electron chi connectivity index (χ3n) is 3.11. The normalized spacial score (nSPS) is 10.9. The Morgan fingerprint density at radius 2 is 1.84 bits per heavy atom. The Morgan fingerprint density at radius 1 is 1.21 bits per heavy atom. The van der Waals surface area contributed by atoms with Crippen molar-refractivity contribution < 1.29 is 13.9 Å². The van der Waals surface area contributed by atoms with Crippen molar-refractivity contribution in [2.75, 3.05) is 5.73 Å². The number of terminal acetylenes is 1. The molecule has 0 aliphatic heterocycles. The second-order valence-corrected chi connectivity index (χ2v) is 4.67. The van der Waals surface area contributed by atoms with Crippen LogP contribution in [0.5, 0.6) is 5.75 Å². The largest absolute Gasteiger partial charge is 0.505 e. The minimum atomic E-state index is -0.877. The molecule has 0 fully saturated rings. The monoisotopic (exact) mass is 261 g/mol. The van der Waals surface area contributed by atoms with E-state index in [9.17, 15) is 13.9 Å². The molecule has 2 rings (SSSR count). The number of phenolic OH excluding ortho intramolecular Hbond substituents is 1. The summed E-state index contributed by atoms with van der Waals surface area (Å²) in [5.74, 6) is 0.0646. The SMILES string of the molecule is C#Cc1c(F)cc(F)c2c(O)c(N)cc(C(C)C)c12. The number of halogens is 2. The molecule has 0 bridgehead atoms. The topological polar surface area (TPSA) is 46.2 Å². The van der Waals surface area contributed by atoms with E-state index in [0.717, 1.165) is 0 Å². The van der Waals surface area contributed by atoms with Crippen molar-refractivity contribution in [1.82, 2.24) is 0 Å². The van der Waals surface area contributed by atoms with Gasteiger partial charge in [0, 0.05) is 11.5 Å². The van der Waals surface area contributed by atoms with Crippen molar-refractivity contribution in [2.45, 2.75) is 19.8 Å². The number of hydrogen-bond acceptors (Lipinski definition) is 2. The van der Waals surface area contributed by atoms with Crippen LogP contribution in [-0.4, -0.2) is 5.11 Å². The highest BCUT2D eigenvalue weighted by atomic mass is 19.1. The van der Waals surface area contributed by atoms with Gasteiger partial charge < -0.3 is 10.8 Å². The van der Waals surface area contributed by atoms with E-state index in [0.29, 0.717) is 11.6 Å². The number of benzene rings is 2. The summed E-state index contributed by atoms with van der Waals surface area (Å²) in [7, 11) is 0. The fourth-order valence-electron chi connectivity index (χ4n) is 2.19. The van der Waals surface area contributed by atoms with E-state index < -0.39 is 17.4 Å². The molecule has 0 atom stereocenters. The van der Waals surface area contributed by atoms with Crippen molar-refractivity contribution in [2.24, 2.45) is 0 Å². The van der Waals surface area contributed by atoms with Crippen LogP contribution >= 0.6 is 0 Å². The Kier molecular flexibility index (Phi) is 3.07. The Hall–Kier alpha value is -2.28. The van der Waals surface area contributed by atoms with Gasteiger partial charge in [-0.05, 0) is 17.5 Å². The van der Waals surface area contributed by atoms with Crippen LogP contribution in [0.15, 0.2) is 12.1 Å². The molecule has 2 aromatic carbocycles. The zero-order chi connectivity index (χ0) is 14.3. The van der Waals surface area contributed by atoms with Crippen LogP contribution in [0.1, 0.15) is 30.9 Å². The molecular formula is C15H13F2NO. The van der Waals surface area contributed by atoms with E-state index in [1.165, 1.54) is 6.07 Å². The van der Waals surface area contributed by atoms with Gasteiger partial charge in [0.15, 0.2) is 0 Å². The summed E-state index contributed by atoms with van der Waals surface area (Å²) in [5.41, 5.74) is 6.26. The lowest BCUT2D eigenvalue weighted by Crippen LogP contribution is -2.00. The number of aromatic hydroxyl groups is 1. The molecule has 4 heteroatoms. The number of rotatable bonds is 1. The highest BCUT2D eigenvalue weighted by molar-refractivity contribution is 5.99. The summed E-state index contributed by atoms with van der Waals surface area (Å²) in [4.78, 5) is 0. The van der Waals surface area contributed by atoms with Gasteiger partial charge in [-0.1, -0.05) is 19.8 Å². The van der Waals surface area contributed by atoms with Gasteiger partial charge in [-0.25, -0.2) is 8.78 Å². The smallest absolute Gasteiger partial charge is 0.149 e. The highest BCUT2D eigenvalue weighted by Gasteiger charge is 2.20. The quantitative estimate of drug-likeness (QED) is 0.469. The number of hydrogen-bond donors (Lipinski definition) is 2. The molecule has 0 heterocycles. The maximum absolute atomic E-state index is 13.9. The van der Waals surface area contributed by atoms with Crippen molar-refractivity contribution >= 4 is 16.5 Å². The second-order valence-electron chi connectivity index (χ2n) is 4.67. The van der Waals surface area contributed by atoms with E-state index in [1.807, 2.05) is 13.8 Å². The van der Waals surface area contributed by atoms with Crippen LogP contribution in [0.4, 0.5) is 14.5 Å². The molecule has 0 radical (unpaired) electrons. The first-order valence-electron chi connectivity index (χ1n) is 5.78. The highest BCUT2D eigenvalue weighted by Crippen LogP contribution is 2.40. The zero-order valence-corrected chi connectivity index (χ0v) is 10.6. The molecule has 0 aliphatic carbocycles. The lowest BCUT2D eigenvalue weighted by molar-refractivity contribution is 0.480. The summed E-state index contributed by atoms with van der Waals surface area (Å²) >= 11 is 0. The number of phenols is 1. The van der Waals surface area contributed by atoms with Crippen molar-refractivity contribution in [3.05, 3.63) is 34.9 Å². The van der Waals surface area contributed by atoms with Crippen molar-refractivity contribution in [3.63, 3.8) is 0 Å². The van der Waals surface area contributed by atoms with E-state index in [2.05, 4.69) is 5.92 Å². The molecule has 0 saturated carbocycles. The van der Waals surface area contributed by atoms with Crippen molar-refractivity contribution in [1.29, 1.82) is 0 Å². The van der Waals surface area contributed by atoms with E-state index in [1.54, 1.807) is 0 Å². The third-order valence-corrected chi connectivity index (χ3v) is 3.11. The summed E-state index contributed by atoms with van der Waals surface area (Å²) in [6.07, 6.45) is 5.30. The van der Waals surface area contributed by atoms with Gasteiger partial charge in [-0.2, -0.15) is 0 Å². The van der Waals surface area contributed by atoms with E-state index in [4.69, 9.17) is 12.2 Å². The molecule has 0 aromatic heterocycles. The predicted octanol–water partition coefficient (Wildman–Crippen LogP) is 3.51. The fraction of sp³-hybridized carbons (Fsp3) is 0.200. The molecule has 2 aromatic rings. The molecule has 19 heavy (non-hydrogen) atoms. The molecule has 0 saturated heterocycles. The minimum absolute atomic E-state index is 0.0429. The molecule has 0 amide bonds. The Balaban J connectivity index is 3.14. The summed E-state index contributed by atoms with van der Waals surface area (Å²) in [6, 6.07) is 2.17. The molecule has 2 nitrogen and oxygen atoms in total. The van der Waals surface area contributed by atoms with Crippen LogP contribution in [0.2, 0.25) is 0 Å². The van der Waals surface area contributed by atoms with E-state index >= 15 is 0 Å². The lowest BCUT2D eigenvalue weighted by Gasteiger charge is -2.16. The van der Waals surface area contributed by atoms with Gasteiger partial charge in [-0.15, -0.1) is 6.42 Å². The summed E-state index contributed by atoms with van der Waals surface area (Å²) < 4.78 is 27.7.